The molecule has 1 unspecified atom stereocenters. The van der Waals surface area contributed by atoms with Crippen molar-refractivity contribution in [2.24, 2.45) is 5.92 Å². The van der Waals surface area contributed by atoms with Crippen molar-refractivity contribution < 1.29 is 9.52 Å². The molecule has 5 heteroatoms. The van der Waals surface area contributed by atoms with Gasteiger partial charge in [-0.2, -0.15) is 0 Å². The maximum Gasteiger partial charge on any atom is 0.343 e. The highest BCUT2D eigenvalue weighted by Gasteiger charge is 2.38. The third-order valence-corrected chi connectivity index (χ3v) is 7.28. The Balaban J connectivity index is 1.45. The zero-order valence-electron chi connectivity index (χ0n) is 19.4. The number of nitrogens with one attached hydrogen (secondary N) is 1. The number of anilines is 1. The summed E-state index contributed by atoms with van der Waals surface area (Å²) in [6.45, 7) is 0. The first-order valence-electron chi connectivity index (χ1n) is 12.4. The third-order valence-electron chi connectivity index (χ3n) is 7.04. The molecule has 1 saturated carbocycles. The van der Waals surface area contributed by atoms with Crippen LogP contribution in [0.2, 0.25) is 0 Å². The van der Waals surface area contributed by atoms with Gasteiger partial charge in [0.25, 0.3) is 0 Å². The van der Waals surface area contributed by atoms with Crippen LogP contribution in [0, 0.1) is 5.92 Å². The van der Waals surface area contributed by atoms with Gasteiger partial charge in [0.2, 0.25) is 0 Å². The molecular weight excluding hydrogens is 442 g/mol. The number of aryl methyl sites for hydroxylation is 1. The SMILES string of the molecule is O=c1oc2c(c(O)c1C(c1cccc(NC(=S)Cc3ccccc3)c1)C1CC1)CCCCCC2. The lowest BCUT2D eigenvalue weighted by atomic mass is 9.85. The summed E-state index contributed by atoms with van der Waals surface area (Å²) in [5, 5.41) is 14.7. The monoisotopic (exact) mass is 473 g/mol. The van der Waals surface area contributed by atoms with Gasteiger partial charge in [-0.1, -0.05) is 67.5 Å². The smallest absolute Gasteiger partial charge is 0.343 e. The fourth-order valence-corrected chi connectivity index (χ4v) is 5.48. The molecule has 3 aromatic rings. The van der Waals surface area contributed by atoms with E-state index in [1.165, 1.54) is 0 Å². The van der Waals surface area contributed by atoms with Crippen molar-refractivity contribution >= 4 is 22.9 Å². The van der Waals surface area contributed by atoms with Crippen LogP contribution >= 0.6 is 12.2 Å². The molecule has 0 aliphatic heterocycles. The molecule has 0 amide bonds. The molecule has 4 nitrogen and oxygen atoms in total. The zero-order valence-corrected chi connectivity index (χ0v) is 20.2. The summed E-state index contributed by atoms with van der Waals surface area (Å²) < 4.78 is 5.84. The number of benzene rings is 2. The molecule has 2 aliphatic carbocycles. The van der Waals surface area contributed by atoms with Crippen LogP contribution in [0.1, 0.15) is 72.5 Å². The average molecular weight is 474 g/mol. The summed E-state index contributed by atoms with van der Waals surface area (Å²) in [4.78, 5) is 13.9. The highest BCUT2D eigenvalue weighted by Crippen LogP contribution is 2.49. The third kappa shape index (κ3) is 5.10. The van der Waals surface area contributed by atoms with E-state index in [0.29, 0.717) is 23.7 Å². The fourth-order valence-electron chi connectivity index (χ4n) is 5.20. The molecule has 0 spiro atoms. The maximum absolute atomic E-state index is 13.2. The Bertz CT molecular complexity index is 1230. The summed E-state index contributed by atoms with van der Waals surface area (Å²) >= 11 is 5.60. The van der Waals surface area contributed by atoms with Crippen LogP contribution in [0.4, 0.5) is 5.69 Å². The highest BCUT2D eigenvalue weighted by atomic mass is 32.1. The topological polar surface area (TPSA) is 62.5 Å². The van der Waals surface area contributed by atoms with Crippen molar-refractivity contribution in [3.63, 3.8) is 0 Å². The highest BCUT2D eigenvalue weighted by molar-refractivity contribution is 7.80. The Morgan fingerprint density at radius 3 is 2.56 bits per heavy atom. The normalized spacial score (nSPS) is 16.7. The van der Waals surface area contributed by atoms with Gasteiger partial charge in [0, 0.05) is 30.0 Å². The molecular formula is C29H31NO3S. The molecule has 34 heavy (non-hydrogen) atoms. The van der Waals surface area contributed by atoms with E-state index in [4.69, 9.17) is 16.6 Å². The molecule has 1 aromatic heterocycles. The number of rotatable bonds is 6. The van der Waals surface area contributed by atoms with Crippen molar-refractivity contribution in [3.05, 3.63) is 93.0 Å². The van der Waals surface area contributed by atoms with Crippen LogP contribution in [-0.4, -0.2) is 10.1 Å². The molecule has 1 atom stereocenters. The second-order valence-corrected chi connectivity index (χ2v) is 10.1. The summed E-state index contributed by atoms with van der Waals surface area (Å²) in [6.07, 6.45) is 8.56. The molecule has 2 aliphatic rings. The van der Waals surface area contributed by atoms with Gasteiger partial charge in [-0.15, -0.1) is 0 Å². The second-order valence-electron chi connectivity index (χ2n) is 9.62. The van der Waals surface area contributed by atoms with E-state index >= 15 is 0 Å². The van der Waals surface area contributed by atoms with Crippen LogP contribution in [0.3, 0.4) is 0 Å². The van der Waals surface area contributed by atoms with E-state index in [2.05, 4.69) is 23.5 Å². The van der Waals surface area contributed by atoms with Crippen molar-refractivity contribution in [1.82, 2.24) is 0 Å². The molecule has 0 bridgehead atoms. The Morgan fingerprint density at radius 1 is 1.03 bits per heavy atom. The van der Waals surface area contributed by atoms with E-state index in [1.807, 2.05) is 36.4 Å². The number of aromatic hydroxyl groups is 1. The molecule has 0 radical (unpaired) electrons. The lowest BCUT2D eigenvalue weighted by Gasteiger charge is -2.22. The minimum absolute atomic E-state index is 0.169. The fraction of sp³-hybridized carbons (Fsp3) is 0.379. The zero-order chi connectivity index (χ0) is 23.5. The minimum Gasteiger partial charge on any atom is -0.507 e. The summed E-state index contributed by atoms with van der Waals surface area (Å²) in [7, 11) is 0. The summed E-state index contributed by atoms with van der Waals surface area (Å²) in [6, 6.07) is 18.2. The number of hydrogen-bond acceptors (Lipinski definition) is 4. The van der Waals surface area contributed by atoms with Crippen molar-refractivity contribution in [2.45, 2.75) is 63.7 Å². The Labute approximate surface area is 206 Å². The Morgan fingerprint density at radius 2 is 1.79 bits per heavy atom. The van der Waals surface area contributed by atoms with Crippen LogP contribution in [-0.2, 0) is 19.3 Å². The van der Waals surface area contributed by atoms with Crippen LogP contribution < -0.4 is 10.9 Å². The number of thiocarbonyl (C=S) groups is 1. The Kier molecular flexibility index (Phi) is 6.82. The molecule has 176 valence electrons. The predicted molar refractivity (Wildman–Crippen MR) is 140 cm³/mol. The van der Waals surface area contributed by atoms with Gasteiger partial charge >= 0.3 is 5.63 Å². The van der Waals surface area contributed by atoms with Gasteiger partial charge in [0.15, 0.2) is 0 Å². The molecule has 0 saturated heterocycles. The minimum atomic E-state index is -0.383. The van der Waals surface area contributed by atoms with E-state index < -0.39 is 0 Å². The predicted octanol–water partition coefficient (Wildman–Crippen LogP) is 6.53. The Hall–Kier alpha value is -2.92. The van der Waals surface area contributed by atoms with Gasteiger partial charge in [0.05, 0.1) is 10.6 Å². The van der Waals surface area contributed by atoms with E-state index in [-0.39, 0.29) is 17.3 Å². The average Bonchev–Trinajstić information content (AvgIpc) is 3.64. The van der Waals surface area contributed by atoms with E-state index in [9.17, 15) is 9.90 Å². The lowest BCUT2D eigenvalue weighted by Crippen LogP contribution is -2.19. The quantitative estimate of drug-likeness (QED) is 0.399. The molecule has 1 fully saturated rings. The lowest BCUT2D eigenvalue weighted by molar-refractivity contribution is 0.382. The van der Waals surface area contributed by atoms with E-state index in [0.717, 1.165) is 78.7 Å². The van der Waals surface area contributed by atoms with Crippen LogP contribution in [0.15, 0.2) is 63.8 Å². The summed E-state index contributed by atoms with van der Waals surface area (Å²) in [5.41, 5.74) is 3.98. The molecule has 1 heterocycles. The maximum atomic E-state index is 13.2. The van der Waals surface area contributed by atoms with Gasteiger partial charge < -0.3 is 14.8 Å². The van der Waals surface area contributed by atoms with Crippen LogP contribution in [0.25, 0.3) is 0 Å². The van der Waals surface area contributed by atoms with Gasteiger partial charge in [-0.05, 0) is 61.3 Å². The standard InChI is InChI=1S/C29H31NO3S/c31-28-23-13-6-1-2-7-14-24(23)33-29(32)27(28)26(20-15-16-20)21-11-8-12-22(18-21)30-25(34)17-19-9-4-3-5-10-19/h3-5,8-12,18,20,26,31H,1-2,6-7,13-17H2,(H,30,34). The second kappa shape index (κ2) is 10.1. The largest absolute Gasteiger partial charge is 0.507 e. The van der Waals surface area contributed by atoms with Crippen molar-refractivity contribution in [1.29, 1.82) is 0 Å². The first-order chi connectivity index (χ1) is 16.6. The van der Waals surface area contributed by atoms with Crippen molar-refractivity contribution in [2.75, 3.05) is 5.32 Å². The first kappa shape index (κ1) is 22.9. The summed E-state index contributed by atoms with van der Waals surface area (Å²) in [5.74, 6) is 1.02. The van der Waals surface area contributed by atoms with Crippen molar-refractivity contribution in [3.8, 4) is 5.75 Å². The number of hydrogen-bond donors (Lipinski definition) is 2. The van der Waals surface area contributed by atoms with E-state index in [1.54, 1.807) is 0 Å². The van der Waals surface area contributed by atoms with Gasteiger partial charge in [0.1, 0.15) is 11.5 Å². The molecule has 2 aromatic carbocycles. The molecule has 2 N–H and O–H groups in total. The van der Waals surface area contributed by atoms with Crippen LogP contribution in [0.5, 0.6) is 5.75 Å². The first-order valence-corrected chi connectivity index (χ1v) is 12.8. The molecule has 5 rings (SSSR count). The number of fused-ring (bicyclic) bond motifs is 1. The van der Waals surface area contributed by atoms with Gasteiger partial charge in [-0.25, -0.2) is 4.79 Å². The van der Waals surface area contributed by atoms with Gasteiger partial charge in [-0.3, -0.25) is 0 Å².